The topological polar surface area (TPSA) is 61.6 Å². The summed E-state index contributed by atoms with van der Waals surface area (Å²) in [6.45, 7) is 4.08. The predicted octanol–water partition coefficient (Wildman–Crippen LogP) is 3.43. The third-order valence-corrected chi connectivity index (χ3v) is 3.30. The van der Waals surface area contributed by atoms with E-state index >= 15 is 0 Å². The Labute approximate surface area is 116 Å². The molecule has 4 nitrogen and oxygen atoms in total. The lowest BCUT2D eigenvalue weighted by molar-refractivity contribution is 1.03. The summed E-state index contributed by atoms with van der Waals surface area (Å²) in [5, 5.41) is 13.1. The number of nitrogens with zero attached hydrogens (tertiary/aromatic N) is 3. The van der Waals surface area contributed by atoms with E-state index in [9.17, 15) is 5.26 Å². The van der Waals surface area contributed by atoms with Gasteiger partial charge in [0, 0.05) is 5.69 Å². The van der Waals surface area contributed by atoms with Crippen LogP contribution in [0.1, 0.15) is 16.7 Å². The average Bonchev–Trinajstić information content (AvgIpc) is 2.37. The molecule has 0 aliphatic carbocycles. The molecule has 1 heterocycles. The SMILES string of the molecule is CSc1ncnc(Nc2cc(C)cc(C)c2)c1C#N. The molecule has 0 fully saturated rings. The van der Waals surface area contributed by atoms with Gasteiger partial charge in [-0.15, -0.1) is 11.8 Å². The molecule has 0 spiro atoms. The number of rotatable bonds is 3. The van der Waals surface area contributed by atoms with Crippen LogP contribution in [0.3, 0.4) is 0 Å². The molecule has 0 unspecified atom stereocenters. The highest BCUT2D eigenvalue weighted by atomic mass is 32.2. The normalized spacial score (nSPS) is 10.0. The molecule has 0 bridgehead atoms. The fraction of sp³-hybridized carbons (Fsp3) is 0.214. The number of hydrogen-bond acceptors (Lipinski definition) is 5. The first-order valence-corrected chi connectivity index (χ1v) is 7.01. The Kier molecular flexibility index (Phi) is 4.03. The Hall–Kier alpha value is -2.06. The van der Waals surface area contributed by atoms with Crippen LogP contribution in [-0.2, 0) is 0 Å². The van der Waals surface area contributed by atoms with Crippen molar-refractivity contribution >= 4 is 23.3 Å². The maximum Gasteiger partial charge on any atom is 0.152 e. The van der Waals surface area contributed by atoms with E-state index in [0.717, 1.165) is 5.69 Å². The van der Waals surface area contributed by atoms with Gasteiger partial charge >= 0.3 is 0 Å². The summed E-state index contributed by atoms with van der Waals surface area (Å²) in [5.41, 5.74) is 3.74. The van der Waals surface area contributed by atoms with Gasteiger partial charge in [0.2, 0.25) is 0 Å². The van der Waals surface area contributed by atoms with Crippen LogP contribution in [-0.4, -0.2) is 16.2 Å². The first-order chi connectivity index (χ1) is 9.13. The van der Waals surface area contributed by atoms with E-state index in [4.69, 9.17) is 0 Å². The molecule has 0 saturated heterocycles. The van der Waals surface area contributed by atoms with Crippen molar-refractivity contribution in [1.29, 1.82) is 5.26 Å². The molecule has 0 amide bonds. The zero-order chi connectivity index (χ0) is 13.8. The van der Waals surface area contributed by atoms with Crippen molar-refractivity contribution in [1.82, 2.24) is 9.97 Å². The Bertz CT molecular complexity index is 626. The van der Waals surface area contributed by atoms with Gasteiger partial charge in [-0.3, -0.25) is 0 Å². The number of nitriles is 1. The van der Waals surface area contributed by atoms with E-state index in [1.807, 2.05) is 32.2 Å². The van der Waals surface area contributed by atoms with Crippen molar-refractivity contribution in [2.75, 3.05) is 11.6 Å². The van der Waals surface area contributed by atoms with Crippen molar-refractivity contribution in [2.45, 2.75) is 18.9 Å². The van der Waals surface area contributed by atoms with Gasteiger partial charge in [-0.1, -0.05) is 6.07 Å². The number of aryl methyl sites for hydroxylation is 2. The zero-order valence-corrected chi connectivity index (χ0v) is 11.9. The van der Waals surface area contributed by atoms with Crippen molar-refractivity contribution < 1.29 is 0 Å². The third kappa shape index (κ3) is 3.04. The fourth-order valence-electron chi connectivity index (χ4n) is 1.90. The second kappa shape index (κ2) is 5.72. The molecule has 0 atom stereocenters. The number of aromatic nitrogens is 2. The Morgan fingerprint density at radius 2 is 1.84 bits per heavy atom. The summed E-state index contributed by atoms with van der Waals surface area (Å²) < 4.78 is 0. The van der Waals surface area contributed by atoms with Crippen LogP contribution in [0.25, 0.3) is 0 Å². The first kappa shape index (κ1) is 13.4. The Morgan fingerprint density at radius 3 is 2.42 bits per heavy atom. The van der Waals surface area contributed by atoms with Gasteiger partial charge in [-0.2, -0.15) is 5.26 Å². The van der Waals surface area contributed by atoms with Gasteiger partial charge in [-0.05, 0) is 43.4 Å². The van der Waals surface area contributed by atoms with Crippen molar-refractivity contribution in [2.24, 2.45) is 0 Å². The van der Waals surface area contributed by atoms with E-state index in [1.54, 1.807) is 0 Å². The van der Waals surface area contributed by atoms with E-state index < -0.39 is 0 Å². The maximum absolute atomic E-state index is 9.23. The Balaban J connectivity index is 2.41. The molecule has 96 valence electrons. The van der Waals surface area contributed by atoms with E-state index in [0.29, 0.717) is 16.4 Å². The van der Waals surface area contributed by atoms with Crippen molar-refractivity contribution in [3.8, 4) is 6.07 Å². The van der Waals surface area contributed by atoms with Crippen LogP contribution in [0, 0.1) is 25.2 Å². The summed E-state index contributed by atoms with van der Waals surface area (Å²) in [5.74, 6) is 0.548. The van der Waals surface area contributed by atoms with Crippen molar-refractivity contribution in [3.63, 3.8) is 0 Å². The molecular weight excluding hydrogens is 256 g/mol. The number of anilines is 2. The van der Waals surface area contributed by atoms with Crippen LogP contribution >= 0.6 is 11.8 Å². The maximum atomic E-state index is 9.23. The molecule has 5 heteroatoms. The quantitative estimate of drug-likeness (QED) is 0.684. The fourth-order valence-corrected chi connectivity index (χ4v) is 2.40. The van der Waals surface area contributed by atoms with Gasteiger partial charge in [-0.25, -0.2) is 9.97 Å². The monoisotopic (exact) mass is 270 g/mol. The zero-order valence-electron chi connectivity index (χ0n) is 11.1. The molecule has 0 saturated carbocycles. The molecular formula is C14H14N4S. The summed E-state index contributed by atoms with van der Waals surface area (Å²) in [6.07, 6.45) is 3.36. The second-order valence-corrected chi connectivity index (χ2v) is 5.01. The van der Waals surface area contributed by atoms with Crippen molar-refractivity contribution in [3.05, 3.63) is 41.2 Å². The van der Waals surface area contributed by atoms with E-state index in [1.165, 1.54) is 29.2 Å². The van der Waals surface area contributed by atoms with Crippen LogP contribution < -0.4 is 5.32 Å². The van der Waals surface area contributed by atoms with Gasteiger partial charge in [0.1, 0.15) is 23.0 Å². The molecule has 0 aliphatic rings. The van der Waals surface area contributed by atoms with Gasteiger partial charge in [0.15, 0.2) is 5.82 Å². The van der Waals surface area contributed by atoms with Crippen LogP contribution in [0.15, 0.2) is 29.6 Å². The number of nitrogens with one attached hydrogen (secondary N) is 1. The molecule has 1 N–H and O–H groups in total. The lowest BCUT2D eigenvalue weighted by atomic mass is 10.1. The number of benzene rings is 1. The van der Waals surface area contributed by atoms with Crippen LogP contribution in [0.5, 0.6) is 0 Å². The lowest BCUT2D eigenvalue weighted by Crippen LogP contribution is -2.00. The molecule has 0 aliphatic heterocycles. The molecule has 2 rings (SSSR count). The van der Waals surface area contributed by atoms with E-state index in [2.05, 4.69) is 27.4 Å². The minimum absolute atomic E-state index is 0.481. The smallest absolute Gasteiger partial charge is 0.152 e. The highest BCUT2D eigenvalue weighted by Crippen LogP contribution is 2.25. The van der Waals surface area contributed by atoms with Gasteiger partial charge in [0.05, 0.1) is 0 Å². The minimum atomic E-state index is 0.481. The Morgan fingerprint density at radius 1 is 1.16 bits per heavy atom. The number of hydrogen-bond donors (Lipinski definition) is 1. The third-order valence-electron chi connectivity index (χ3n) is 2.60. The van der Waals surface area contributed by atoms with E-state index in [-0.39, 0.29) is 0 Å². The van der Waals surface area contributed by atoms with Gasteiger partial charge < -0.3 is 5.32 Å². The molecule has 19 heavy (non-hydrogen) atoms. The highest BCUT2D eigenvalue weighted by molar-refractivity contribution is 7.98. The molecule has 2 aromatic rings. The summed E-state index contributed by atoms with van der Waals surface area (Å²) in [7, 11) is 0. The summed E-state index contributed by atoms with van der Waals surface area (Å²) >= 11 is 1.44. The second-order valence-electron chi connectivity index (χ2n) is 4.22. The predicted molar refractivity (Wildman–Crippen MR) is 77.7 cm³/mol. The van der Waals surface area contributed by atoms with Crippen LogP contribution in [0.4, 0.5) is 11.5 Å². The highest BCUT2D eigenvalue weighted by Gasteiger charge is 2.10. The van der Waals surface area contributed by atoms with Crippen LogP contribution in [0.2, 0.25) is 0 Å². The lowest BCUT2D eigenvalue weighted by Gasteiger charge is -2.10. The number of thioether (sulfide) groups is 1. The first-order valence-electron chi connectivity index (χ1n) is 5.78. The summed E-state index contributed by atoms with van der Waals surface area (Å²) in [6, 6.07) is 8.30. The molecule has 1 aromatic heterocycles. The average molecular weight is 270 g/mol. The summed E-state index contributed by atoms with van der Waals surface area (Å²) in [4.78, 5) is 8.25. The molecule has 0 radical (unpaired) electrons. The van der Waals surface area contributed by atoms with Gasteiger partial charge in [0.25, 0.3) is 0 Å². The minimum Gasteiger partial charge on any atom is -0.339 e. The largest absolute Gasteiger partial charge is 0.339 e. The standard InChI is InChI=1S/C14H14N4S/c1-9-4-10(2)6-11(5-9)18-13-12(7-15)14(19-3)17-8-16-13/h4-6,8H,1-3H3,(H,16,17,18). The molecule has 1 aromatic carbocycles.